The molecular formula is C8H8BrIO. The molecule has 11 heavy (non-hydrogen) atoms. The summed E-state index contributed by atoms with van der Waals surface area (Å²) in [6, 6.07) is 4.01. The number of hydrogen-bond donors (Lipinski definition) is 1. The van der Waals surface area contributed by atoms with Gasteiger partial charge in [-0.25, -0.2) is 0 Å². The molecule has 0 atom stereocenters. The van der Waals surface area contributed by atoms with E-state index in [4.69, 9.17) is 5.11 Å². The molecule has 0 saturated heterocycles. The van der Waals surface area contributed by atoms with Gasteiger partial charge in [0.2, 0.25) is 0 Å². The molecule has 0 unspecified atom stereocenters. The second-order valence-electron chi connectivity index (χ2n) is 2.35. The monoisotopic (exact) mass is 326 g/mol. The number of aryl methyl sites for hydroxylation is 1. The molecule has 0 heterocycles. The summed E-state index contributed by atoms with van der Waals surface area (Å²) in [6.07, 6.45) is 0. The second kappa shape index (κ2) is 3.87. The molecule has 0 radical (unpaired) electrons. The number of benzene rings is 1. The molecule has 0 bridgehead atoms. The van der Waals surface area contributed by atoms with E-state index in [0.29, 0.717) is 0 Å². The molecule has 1 aromatic carbocycles. The van der Waals surface area contributed by atoms with Crippen LogP contribution >= 0.6 is 38.5 Å². The predicted octanol–water partition coefficient (Wildman–Crippen LogP) is 2.85. The first-order chi connectivity index (χ1) is 5.15. The fourth-order valence-corrected chi connectivity index (χ4v) is 1.92. The van der Waals surface area contributed by atoms with E-state index in [1.54, 1.807) is 0 Å². The fourth-order valence-electron chi connectivity index (χ4n) is 0.809. The van der Waals surface area contributed by atoms with Crippen LogP contribution < -0.4 is 0 Å². The minimum atomic E-state index is 0.0941. The normalized spacial score (nSPS) is 10.2. The van der Waals surface area contributed by atoms with Gasteiger partial charge in [0, 0.05) is 8.04 Å². The molecule has 0 spiro atoms. The smallest absolute Gasteiger partial charge is 0.0693 e. The number of hydrogen-bond acceptors (Lipinski definition) is 1. The maximum atomic E-state index is 8.90. The van der Waals surface area contributed by atoms with Gasteiger partial charge in [-0.2, -0.15) is 0 Å². The van der Waals surface area contributed by atoms with Crippen molar-refractivity contribution in [2.75, 3.05) is 0 Å². The molecule has 0 amide bonds. The molecule has 3 heteroatoms. The zero-order valence-corrected chi connectivity index (χ0v) is 9.81. The zero-order chi connectivity index (χ0) is 8.43. The third kappa shape index (κ3) is 2.16. The molecule has 60 valence electrons. The molecule has 0 saturated carbocycles. The first kappa shape index (κ1) is 9.48. The summed E-state index contributed by atoms with van der Waals surface area (Å²) in [5.74, 6) is 0. The molecule has 1 rings (SSSR count). The molecule has 1 N–H and O–H groups in total. The molecular weight excluding hydrogens is 319 g/mol. The average molecular weight is 327 g/mol. The van der Waals surface area contributed by atoms with Crippen LogP contribution in [0, 0.1) is 10.5 Å². The van der Waals surface area contributed by atoms with E-state index in [1.165, 1.54) is 9.13 Å². The topological polar surface area (TPSA) is 20.2 Å². The molecule has 0 aliphatic heterocycles. The van der Waals surface area contributed by atoms with E-state index < -0.39 is 0 Å². The lowest BCUT2D eigenvalue weighted by atomic mass is 10.2. The summed E-state index contributed by atoms with van der Waals surface area (Å²) in [5.41, 5.74) is 2.18. The van der Waals surface area contributed by atoms with E-state index >= 15 is 0 Å². The van der Waals surface area contributed by atoms with Gasteiger partial charge in [-0.3, -0.25) is 0 Å². The van der Waals surface area contributed by atoms with Crippen LogP contribution in [0.2, 0.25) is 0 Å². The maximum Gasteiger partial charge on any atom is 0.0693 e. The molecule has 0 aromatic heterocycles. The highest BCUT2D eigenvalue weighted by Crippen LogP contribution is 2.22. The van der Waals surface area contributed by atoms with Crippen LogP contribution in [0.25, 0.3) is 0 Å². The highest BCUT2D eigenvalue weighted by atomic mass is 127. The number of rotatable bonds is 1. The molecule has 0 fully saturated rings. The third-order valence-corrected chi connectivity index (χ3v) is 3.40. The summed E-state index contributed by atoms with van der Waals surface area (Å²) in [4.78, 5) is 0. The van der Waals surface area contributed by atoms with Crippen molar-refractivity contribution in [1.82, 2.24) is 0 Å². The quantitative estimate of drug-likeness (QED) is 0.787. The van der Waals surface area contributed by atoms with Gasteiger partial charge in [-0.05, 0) is 52.8 Å². The Hall–Kier alpha value is 0.390. The van der Waals surface area contributed by atoms with Crippen LogP contribution in [0.15, 0.2) is 16.6 Å². The summed E-state index contributed by atoms with van der Waals surface area (Å²) in [6.45, 7) is 2.14. The summed E-state index contributed by atoms with van der Waals surface area (Å²) < 4.78 is 2.17. The van der Waals surface area contributed by atoms with Crippen LogP contribution in [0.5, 0.6) is 0 Å². The Morgan fingerprint density at radius 1 is 1.55 bits per heavy atom. The maximum absolute atomic E-state index is 8.90. The standard InChI is InChI=1S/C8H8BrIO/c1-5-2-7(9)6(4-11)3-8(5)10/h2-3,11H,4H2,1H3. The van der Waals surface area contributed by atoms with Crippen molar-refractivity contribution in [3.63, 3.8) is 0 Å². The van der Waals surface area contributed by atoms with E-state index in [-0.39, 0.29) is 6.61 Å². The van der Waals surface area contributed by atoms with E-state index in [1.807, 2.05) is 19.1 Å². The minimum Gasteiger partial charge on any atom is -0.392 e. The second-order valence-corrected chi connectivity index (χ2v) is 4.37. The first-order valence-corrected chi connectivity index (χ1v) is 5.07. The zero-order valence-electron chi connectivity index (χ0n) is 6.06. The predicted molar refractivity (Wildman–Crippen MR) is 57.5 cm³/mol. The minimum absolute atomic E-state index is 0.0941. The lowest BCUT2D eigenvalue weighted by molar-refractivity contribution is 0.281. The van der Waals surface area contributed by atoms with E-state index in [0.717, 1.165) is 10.0 Å². The SMILES string of the molecule is Cc1cc(Br)c(CO)cc1I. The highest BCUT2D eigenvalue weighted by Gasteiger charge is 2.01. The van der Waals surface area contributed by atoms with Gasteiger partial charge in [0.1, 0.15) is 0 Å². The van der Waals surface area contributed by atoms with Gasteiger partial charge < -0.3 is 5.11 Å². The highest BCUT2D eigenvalue weighted by molar-refractivity contribution is 14.1. The lowest BCUT2D eigenvalue weighted by Crippen LogP contribution is -1.89. The molecule has 1 nitrogen and oxygen atoms in total. The van der Waals surface area contributed by atoms with Gasteiger partial charge >= 0.3 is 0 Å². The molecule has 0 aliphatic carbocycles. The molecule has 1 aromatic rings. The summed E-state index contributed by atoms with van der Waals surface area (Å²) >= 11 is 5.64. The first-order valence-electron chi connectivity index (χ1n) is 3.20. The Bertz CT molecular complexity index is 273. The summed E-state index contributed by atoms with van der Waals surface area (Å²) in [7, 11) is 0. The van der Waals surface area contributed by atoms with Crippen molar-refractivity contribution in [3.05, 3.63) is 31.3 Å². The van der Waals surface area contributed by atoms with E-state index in [9.17, 15) is 0 Å². The van der Waals surface area contributed by atoms with Crippen LogP contribution in [-0.2, 0) is 6.61 Å². The van der Waals surface area contributed by atoms with Gasteiger partial charge in [0.15, 0.2) is 0 Å². The van der Waals surface area contributed by atoms with Crippen molar-refractivity contribution in [2.24, 2.45) is 0 Å². The molecule has 0 aliphatic rings. The summed E-state index contributed by atoms with van der Waals surface area (Å²) in [5, 5.41) is 8.90. The van der Waals surface area contributed by atoms with Gasteiger partial charge in [0.05, 0.1) is 6.61 Å². The van der Waals surface area contributed by atoms with Crippen molar-refractivity contribution >= 4 is 38.5 Å². The number of aliphatic hydroxyl groups excluding tert-OH is 1. The third-order valence-electron chi connectivity index (χ3n) is 1.50. The Morgan fingerprint density at radius 3 is 2.73 bits per heavy atom. The lowest BCUT2D eigenvalue weighted by Gasteiger charge is -2.03. The fraction of sp³-hybridized carbons (Fsp3) is 0.250. The van der Waals surface area contributed by atoms with Crippen molar-refractivity contribution in [3.8, 4) is 0 Å². The van der Waals surface area contributed by atoms with Crippen LogP contribution in [0.3, 0.4) is 0 Å². The van der Waals surface area contributed by atoms with Crippen LogP contribution in [0.4, 0.5) is 0 Å². The van der Waals surface area contributed by atoms with Crippen LogP contribution in [0.1, 0.15) is 11.1 Å². The number of halogens is 2. The Kier molecular flexibility index (Phi) is 3.33. The van der Waals surface area contributed by atoms with Gasteiger partial charge in [-0.15, -0.1) is 0 Å². The van der Waals surface area contributed by atoms with Crippen LogP contribution in [-0.4, -0.2) is 5.11 Å². The largest absolute Gasteiger partial charge is 0.392 e. The number of aliphatic hydroxyl groups is 1. The Morgan fingerprint density at radius 2 is 2.18 bits per heavy atom. The van der Waals surface area contributed by atoms with E-state index in [2.05, 4.69) is 38.5 Å². The Labute approximate surface area is 88.1 Å². The van der Waals surface area contributed by atoms with Gasteiger partial charge in [0.25, 0.3) is 0 Å². The van der Waals surface area contributed by atoms with Crippen molar-refractivity contribution in [2.45, 2.75) is 13.5 Å². The van der Waals surface area contributed by atoms with Crippen molar-refractivity contribution in [1.29, 1.82) is 0 Å². The average Bonchev–Trinajstić information content (AvgIpc) is 1.97. The van der Waals surface area contributed by atoms with Crippen molar-refractivity contribution < 1.29 is 5.11 Å². The Balaban J connectivity index is 3.21. The van der Waals surface area contributed by atoms with Gasteiger partial charge in [-0.1, -0.05) is 15.9 Å².